The average molecular weight is 648 g/mol. The van der Waals surface area contributed by atoms with Gasteiger partial charge in [0.1, 0.15) is 0 Å². The Morgan fingerprint density at radius 2 is 1.62 bits per heavy atom. The number of hydrogen-bond donors (Lipinski definition) is 0. The van der Waals surface area contributed by atoms with Crippen LogP contribution in [0.3, 0.4) is 0 Å². The zero-order chi connectivity index (χ0) is 33.4. The van der Waals surface area contributed by atoms with Gasteiger partial charge in [0.25, 0.3) is 5.56 Å². The minimum Gasteiger partial charge on any atom is -0.493 e. The van der Waals surface area contributed by atoms with Crippen LogP contribution in [-0.2, 0) is 9.53 Å². The largest absolute Gasteiger partial charge is 0.493 e. The molecule has 240 valence electrons. The van der Waals surface area contributed by atoms with E-state index in [0.717, 1.165) is 28.2 Å². The van der Waals surface area contributed by atoms with Gasteiger partial charge in [0, 0.05) is 17.0 Å². The predicted octanol–water partition coefficient (Wildman–Crippen LogP) is 5.98. The number of aromatic nitrogens is 2. The van der Waals surface area contributed by atoms with E-state index >= 15 is 0 Å². The van der Waals surface area contributed by atoms with E-state index in [1.165, 1.54) is 22.5 Å². The summed E-state index contributed by atoms with van der Waals surface area (Å²) in [5, 5.41) is 0. The molecule has 2 aromatic heterocycles. The molecule has 0 saturated heterocycles. The average Bonchev–Trinajstić information content (AvgIpc) is 3.53. The molecule has 1 unspecified atom stereocenters. The van der Waals surface area contributed by atoms with Gasteiger partial charge < -0.3 is 18.8 Å². The van der Waals surface area contributed by atoms with Crippen LogP contribution in [0.15, 0.2) is 88.2 Å². The van der Waals surface area contributed by atoms with Gasteiger partial charge in [-0.3, -0.25) is 9.36 Å². The third-order valence-electron chi connectivity index (χ3n) is 8.52. The van der Waals surface area contributed by atoms with Crippen molar-refractivity contribution >= 4 is 29.1 Å². The Morgan fingerprint density at radius 3 is 2.28 bits per heavy atom. The first kappa shape index (κ1) is 31.8. The summed E-state index contributed by atoms with van der Waals surface area (Å²) < 4.78 is 21.1. The Morgan fingerprint density at radius 1 is 0.915 bits per heavy atom. The summed E-state index contributed by atoms with van der Waals surface area (Å²) in [6.45, 7) is 10.3. The smallest absolute Gasteiger partial charge is 0.338 e. The lowest BCUT2D eigenvalue weighted by atomic mass is 9.93. The summed E-state index contributed by atoms with van der Waals surface area (Å²) in [6, 6.07) is 22.5. The van der Waals surface area contributed by atoms with Crippen molar-refractivity contribution in [3.05, 3.63) is 137 Å². The molecule has 0 saturated carbocycles. The molecule has 0 radical (unpaired) electrons. The molecule has 0 N–H and O–H groups in total. The number of carbonyl (C=O) groups is 1. The number of hydrogen-bond acceptors (Lipinski definition) is 7. The first-order chi connectivity index (χ1) is 22.7. The van der Waals surface area contributed by atoms with Gasteiger partial charge in [-0.25, -0.2) is 9.79 Å². The molecular formula is C38H37N3O5S. The molecular weight excluding hydrogens is 611 g/mol. The highest BCUT2D eigenvalue weighted by Crippen LogP contribution is 2.38. The fraction of sp³-hybridized carbons (Fsp3) is 0.237. The van der Waals surface area contributed by atoms with E-state index in [1.54, 1.807) is 37.8 Å². The van der Waals surface area contributed by atoms with Gasteiger partial charge in [-0.1, -0.05) is 65.9 Å². The summed E-state index contributed by atoms with van der Waals surface area (Å²) in [4.78, 5) is 33.7. The van der Waals surface area contributed by atoms with Gasteiger partial charge in [-0.15, -0.1) is 0 Å². The van der Waals surface area contributed by atoms with Crippen molar-refractivity contribution in [2.75, 3.05) is 20.8 Å². The summed E-state index contributed by atoms with van der Waals surface area (Å²) in [7, 11) is 3.12. The third kappa shape index (κ3) is 5.61. The van der Waals surface area contributed by atoms with Crippen LogP contribution in [0.5, 0.6) is 11.5 Å². The van der Waals surface area contributed by atoms with Crippen LogP contribution in [0.4, 0.5) is 0 Å². The highest BCUT2D eigenvalue weighted by molar-refractivity contribution is 7.07. The molecule has 0 fully saturated rings. The number of aryl methyl sites for hydroxylation is 3. The summed E-state index contributed by atoms with van der Waals surface area (Å²) in [6.07, 6.45) is 1.93. The second-order valence-corrected chi connectivity index (χ2v) is 12.5. The van der Waals surface area contributed by atoms with Crippen molar-refractivity contribution in [2.24, 2.45) is 4.99 Å². The summed E-state index contributed by atoms with van der Waals surface area (Å²) in [5.74, 6) is 0.474. The maximum Gasteiger partial charge on any atom is 0.338 e. The molecule has 0 spiro atoms. The van der Waals surface area contributed by atoms with E-state index in [9.17, 15) is 9.59 Å². The predicted molar refractivity (Wildman–Crippen MR) is 185 cm³/mol. The maximum atomic E-state index is 14.5. The number of methoxy groups -OCH3 is 2. The highest BCUT2D eigenvalue weighted by Gasteiger charge is 2.35. The molecule has 6 rings (SSSR count). The number of esters is 1. The van der Waals surface area contributed by atoms with Crippen molar-refractivity contribution < 1.29 is 19.0 Å². The van der Waals surface area contributed by atoms with Crippen LogP contribution in [0, 0.1) is 27.7 Å². The molecule has 3 heterocycles. The maximum absolute atomic E-state index is 14.5. The zero-order valence-electron chi connectivity index (χ0n) is 27.6. The molecule has 5 aromatic rings. The van der Waals surface area contributed by atoms with Crippen molar-refractivity contribution in [3.8, 4) is 17.2 Å². The Bertz CT molecular complexity index is 2200. The van der Waals surface area contributed by atoms with Gasteiger partial charge in [-0.05, 0) is 81.1 Å². The monoisotopic (exact) mass is 647 g/mol. The molecule has 0 aliphatic carbocycles. The number of ether oxygens (including phenoxy) is 3. The second kappa shape index (κ2) is 12.9. The van der Waals surface area contributed by atoms with Gasteiger partial charge in [0.2, 0.25) is 0 Å². The highest BCUT2D eigenvalue weighted by atomic mass is 32.1. The Balaban J connectivity index is 1.63. The topological polar surface area (TPSA) is 84.1 Å². The normalized spacial score (nSPS) is 14.5. The molecule has 1 atom stereocenters. The van der Waals surface area contributed by atoms with E-state index in [0.29, 0.717) is 32.1 Å². The number of fused-ring (bicyclic) bond motifs is 1. The third-order valence-corrected chi connectivity index (χ3v) is 9.50. The van der Waals surface area contributed by atoms with Crippen LogP contribution < -0.4 is 24.4 Å². The van der Waals surface area contributed by atoms with Crippen LogP contribution in [0.2, 0.25) is 0 Å². The first-order valence-corrected chi connectivity index (χ1v) is 16.3. The van der Waals surface area contributed by atoms with Crippen LogP contribution in [-0.4, -0.2) is 35.9 Å². The molecule has 9 heteroatoms. The lowest BCUT2D eigenvalue weighted by Crippen LogP contribution is -2.40. The van der Waals surface area contributed by atoms with Crippen molar-refractivity contribution in [1.29, 1.82) is 0 Å². The molecule has 0 bridgehead atoms. The first-order valence-electron chi connectivity index (χ1n) is 15.4. The fourth-order valence-electron chi connectivity index (χ4n) is 6.36. The number of carbonyl (C=O) groups excluding carboxylic acids is 1. The summed E-state index contributed by atoms with van der Waals surface area (Å²) >= 11 is 1.30. The van der Waals surface area contributed by atoms with Gasteiger partial charge in [0.15, 0.2) is 16.3 Å². The number of para-hydroxylation sites is 1. The fourth-order valence-corrected chi connectivity index (χ4v) is 7.35. The number of thiazole rings is 1. The Kier molecular flexibility index (Phi) is 8.75. The van der Waals surface area contributed by atoms with E-state index < -0.39 is 12.0 Å². The molecule has 47 heavy (non-hydrogen) atoms. The van der Waals surface area contributed by atoms with Crippen molar-refractivity contribution in [1.82, 2.24) is 9.13 Å². The Hall–Kier alpha value is -5.15. The van der Waals surface area contributed by atoms with Gasteiger partial charge in [0.05, 0.1) is 48.4 Å². The number of rotatable bonds is 8. The standard InChI is InChI=1S/C38H37N3O5S/c1-8-46-37(43)32-33(26-15-10-9-11-16-26)39-38-41(35(32)27-17-18-29(44-6)30(20-27)45-7)36(42)31(47-38)21-28-19-24(4)40(25(28)5)34-22(2)13-12-14-23(34)3/h9-21,35H,8H2,1-7H3/b31-21-. The van der Waals surface area contributed by atoms with E-state index in [-0.39, 0.29) is 17.7 Å². The number of benzene rings is 3. The van der Waals surface area contributed by atoms with E-state index in [2.05, 4.69) is 56.5 Å². The van der Waals surface area contributed by atoms with Crippen molar-refractivity contribution in [3.63, 3.8) is 0 Å². The van der Waals surface area contributed by atoms with Gasteiger partial charge in [-0.2, -0.15) is 0 Å². The second-order valence-electron chi connectivity index (χ2n) is 11.4. The minimum absolute atomic E-state index is 0.170. The lowest BCUT2D eigenvalue weighted by molar-refractivity contribution is -0.138. The SMILES string of the molecule is CCOC(=O)C1=C(c2ccccc2)N=c2s/c(=C\c3cc(C)n(-c4c(C)cccc4C)c3C)c(=O)n2C1c1ccc(OC)c(OC)c1. The lowest BCUT2D eigenvalue weighted by Gasteiger charge is -2.26. The van der Waals surface area contributed by atoms with E-state index in [1.807, 2.05) is 42.5 Å². The van der Waals surface area contributed by atoms with Crippen LogP contribution in [0.1, 0.15) is 52.2 Å². The van der Waals surface area contributed by atoms with Crippen LogP contribution >= 0.6 is 11.3 Å². The quantitative estimate of drug-likeness (QED) is 0.194. The van der Waals surface area contributed by atoms with E-state index in [4.69, 9.17) is 19.2 Å². The van der Waals surface area contributed by atoms with Gasteiger partial charge >= 0.3 is 5.97 Å². The molecule has 1 aliphatic heterocycles. The molecule has 1 aliphatic rings. The number of nitrogens with zero attached hydrogens (tertiary/aromatic N) is 3. The van der Waals surface area contributed by atoms with Crippen molar-refractivity contribution in [2.45, 2.75) is 40.7 Å². The minimum atomic E-state index is -0.829. The Labute approximate surface area is 277 Å². The summed E-state index contributed by atoms with van der Waals surface area (Å²) in [5.41, 5.74) is 8.42. The van der Waals surface area contributed by atoms with Crippen LogP contribution in [0.25, 0.3) is 17.5 Å². The molecule has 3 aromatic carbocycles. The molecule has 0 amide bonds. The molecule has 8 nitrogen and oxygen atoms in total. The zero-order valence-corrected chi connectivity index (χ0v) is 28.4.